The first-order valence-corrected chi connectivity index (χ1v) is 7.48. The van der Waals surface area contributed by atoms with Crippen LogP contribution in [0.25, 0.3) is 0 Å². The summed E-state index contributed by atoms with van der Waals surface area (Å²) >= 11 is 0. The van der Waals surface area contributed by atoms with E-state index in [4.69, 9.17) is 0 Å². The molecule has 0 spiro atoms. The van der Waals surface area contributed by atoms with Crippen LogP contribution in [0.15, 0.2) is 41.8 Å². The molecule has 1 aromatic carbocycles. The maximum absolute atomic E-state index is 11.3. The van der Waals surface area contributed by atoms with Gasteiger partial charge in [0.1, 0.15) is 0 Å². The highest BCUT2D eigenvalue weighted by atomic mass is 32.2. The Hall–Kier alpha value is -1.13. The molecule has 0 aliphatic rings. The van der Waals surface area contributed by atoms with Crippen LogP contribution in [0.2, 0.25) is 0 Å². The van der Waals surface area contributed by atoms with Gasteiger partial charge in [-0.2, -0.15) is 0 Å². The fraction of sp³-hybridized carbons (Fsp3) is 0.385. The zero-order chi connectivity index (χ0) is 12.9. The SMILES string of the molecule is C=CCCNC(C)c1ccc(S(C)(=O)=O)cc1. The van der Waals surface area contributed by atoms with E-state index in [0.717, 1.165) is 18.5 Å². The highest BCUT2D eigenvalue weighted by Crippen LogP contribution is 2.16. The van der Waals surface area contributed by atoms with E-state index in [1.165, 1.54) is 6.26 Å². The molecular weight excluding hydrogens is 234 g/mol. The summed E-state index contributed by atoms with van der Waals surface area (Å²) in [5.41, 5.74) is 1.08. The van der Waals surface area contributed by atoms with Gasteiger partial charge in [0, 0.05) is 12.3 Å². The largest absolute Gasteiger partial charge is 0.310 e. The molecule has 0 fully saturated rings. The molecule has 0 amide bonds. The Morgan fingerprint density at radius 3 is 2.41 bits per heavy atom. The van der Waals surface area contributed by atoms with Crippen molar-refractivity contribution in [1.29, 1.82) is 0 Å². The Morgan fingerprint density at radius 1 is 1.35 bits per heavy atom. The van der Waals surface area contributed by atoms with Crippen molar-refractivity contribution in [2.75, 3.05) is 12.8 Å². The predicted molar refractivity (Wildman–Crippen MR) is 70.8 cm³/mol. The third kappa shape index (κ3) is 4.32. The molecule has 1 aromatic rings. The second-order valence-corrected chi connectivity index (χ2v) is 6.11. The summed E-state index contributed by atoms with van der Waals surface area (Å²) in [6, 6.07) is 7.21. The standard InChI is InChI=1S/C13H19NO2S/c1-4-5-10-14-11(2)12-6-8-13(9-7-12)17(3,15)16/h4,6-9,11,14H,1,5,10H2,2-3H3. The smallest absolute Gasteiger partial charge is 0.175 e. The van der Waals surface area contributed by atoms with Gasteiger partial charge in [-0.1, -0.05) is 18.2 Å². The highest BCUT2D eigenvalue weighted by molar-refractivity contribution is 7.90. The van der Waals surface area contributed by atoms with E-state index in [-0.39, 0.29) is 6.04 Å². The summed E-state index contributed by atoms with van der Waals surface area (Å²) in [5, 5.41) is 3.34. The molecule has 0 heterocycles. The molecule has 0 aromatic heterocycles. The monoisotopic (exact) mass is 253 g/mol. The fourth-order valence-corrected chi connectivity index (χ4v) is 2.15. The van der Waals surface area contributed by atoms with Crippen LogP contribution in [-0.4, -0.2) is 21.2 Å². The second kappa shape index (κ2) is 5.98. The lowest BCUT2D eigenvalue weighted by atomic mass is 10.1. The van der Waals surface area contributed by atoms with Gasteiger partial charge in [-0.05, 0) is 37.6 Å². The summed E-state index contributed by atoms with van der Waals surface area (Å²) in [7, 11) is -3.10. The molecule has 0 saturated heterocycles. The van der Waals surface area contributed by atoms with Gasteiger partial charge in [-0.15, -0.1) is 6.58 Å². The van der Waals surface area contributed by atoms with Crippen LogP contribution in [0.1, 0.15) is 24.9 Å². The Morgan fingerprint density at radius 2 is 1.94 bits per heavy atom. The van der Waals surface area contributed by atoms with E-state index in [9.17, 15) is 8.42 Å². The van der Waals surface area contributed by atoms with Gasteiger partial charge < -0.3 is 5.32 Å². The number of hydrogen-bond donors (Lipinski definition) is 1. The van der Waals surface area contributed by atoms with Crippen molar-refractivity contribution in [3.63, 3.8) is 0 Å². The molecule has 0 saturated carbocycles. The molecule has 1 rings (SSSR count). The first-order chi connectivity index (χ1) is 7.95. The Kier molecular flexibility index (Phi) is 4.90. The number of nitrogens with one attached hydrogen (secondary N) is 1. The van der Waals surface area contributed by atoms with Crippen molar-refractivity contribution in [2.45, 2.75) is 24.3 Å². The quantitative estimate of drug-likeness (QED) is 0.625. The molecule has 94 valence electrons. The zero-order valence-corrected chi connectivity index (χ0v) is 11.1. The molecular formula is C13H19NO2S. The maximum Gasteiger partial charge on any atom is 0.175 e. The molecule has 0 aliphatic heterocycles. The lowest BCUT2D eigenvalue weighted by Gasteiger charge is -2.13. The van der Waals surface area contributed by atoms with Crippen LogP contribution >= 0.6 is 0 Å². The van der Waals surface area contributed by atoms with Crippen LogP contribution in [0.5, 0.6) is 0 Å². The fourth-order valence-electron chi connectivity index (χ4n) is 1.52. The van der Waals surface area contributed by atoms with E-state index in [1.807, 2.05) is 18.2 Å². The topological polar surface area (TPSA) is 46.2 Å². The van der Waals surface area contributed by atoms with Crippen LogP contribution in [0.3, 0.4) is 0 Å². The minimum absolute atomic E-state index is 0.212. The van der Waals surface area contributed by atoms with Crippen molar-refractivity contribution < 1.29 is 8.42 Å². The number of benzene rings is 1. The Bertz CT molecular complexity index is 463. The normalized spacial score (nSPS) is 13.3. The third-order valence-corrected chi connectivity index (χ3v) is 3.74. The number of rotatable bonds is 6. The van der Waals surface area contributed by atoms with Gasteiger partial charge in [-0.3, -0.25) is 0 Å². The molecule has 4 heteroatoms. The number of sulfone groups is 1. The molecule has 17 heavy (non-hydrogen) atoms. The van der Waals surface area contributed by atoms with Gasteiger partial charge >= 0.3 is 0 Å². The van der Waals surface area contributed by atoms with Crippen molar-refractivity contribution in [1.82, 2.24) is 5.32 Å². The predicted octanol–water partition coefficient (Wildman–Crippen LogP) is 2.32. The van der Waals surface area contributed by atoms with E-state index in [1.54, 1.807) is 12.1 Å². The number of hydrogen-bond acceptors (Lipinski definition) is 3. The molecule has 0 bridgehead atoms. The van der Waals surface area contributed by atoms with E-state index >= 15 is 0 Å². The second-order valence-electron chi connectivity index (χ2n) is 4.09. The first kappa shape index (κ1) is 13.9. The van der Waals surface area contributed by atoms with Gasteiger partial charge in [0.05, 0.1) is 4.90 Å². The Labute approximate surface area is 103 Å². The molecule has 1 atom stereocenters. The maximum atomic E-state index is 11.3. The molecule has 0 radical (unpaired) electrons. The van der Waals surface area contributed by atoms with E-state index in [0.29, 0.717) is 4.90 Å². The van der Waals surface area contributed by atoms with Crippen LogP contribution in [0, 0.1) is 0 Å². The molecule has 3 nitrogen and oxygen atoms in total. The van der Waals surface area contributed by atoms with E-state index < -0.39 is 9.84 Å². The molecule has 1 N–H and O–H groups in total. The minimum Gasteiger partial charge on any atom is -0.310 e. The van der Waals surface area contributed by atoms with Crippen molar-refractivity contribution in [2.24, 2.45) is 0 Å². The van der Waals surface area contributed by atoms with E-state index in [2.05, 4.69) is 18.8 Å². The van der Waals surface area contributed by atoms with Gasteiger partial charge in [0.15, 0.2) is 9.84 Å². The first-order valence-electron chi connectivity index (χ1n) is 5.59. The average molecular weight is 253 g/mol. The zero-order valence-electron chi connectivity index (χ0n) is 10.3. The van der Waals surface area contributed by atoms with Gasteiger partial charge in [0.25, 0.3) is 0 Å². The Balaban J connectivity index is 2.70. The highest BCUT2D eigenvalue weighted by Gasteiger charge is 2.08. The lowest BCUT2D eigenvalue weighted by Crippen LogP contribution is -2.19. The summed E-state index contributed by atoms with van der Waals surface area (Å²) in [4.78, 5) is 0.361. The van der Waals surface area contributed by atoms with Gasteiger partial charge in [0.2, 0.25) is 0 Å². The summed E-state index contributed by atoms with van der Waals surface area (Å²) in [6.45, 7) is 6.59. The van der Waals surface area contributed by atoms with Crippen LogP contribution < -0.4 is 5.32 Å². The van der Waals surface area contributed by atoms with Crippen molar-refractivity contribution >= 4 is 9.84 Å². The van der Waals surface area contributed by atoms with Crippen molar-refractivity contribution in [3.05, 3.63) is 42.5 Å². The van der Waals surface area contributed by atoms with Crippen molar-refractivity contribution in [3.8, 4) is 0 Å². The minimum atomic E-state index is -3.10. The van der Waals surface area contributed by atoms with Crippen LogP contribution in [-0.2, 0) is 9.84 Å². The summed E-state index contributed by atoms with van der Waals surface area (Å²) in [6.07, 6.45) is 4.01. The molecule has 1 unspecified atom stereocenters. The molecule has 0 aliphatic carbocycles. The third-order valence-electron chi connectivity index (χ3n) is 2.61. The summed E-state index contributed by atoms with van der Waals surface area (Å²) in [5.74, 6) is 0. The summed E-state index contributed by atoms with van der Waals surface area (Å²) < 4.78 is 22.6. The van der Waals surface area contributed by atoms with Gasteiger partial charge in [-0.25, -0.2) is 8.42 Å². The average Bonchev–Trinajstić information content (AvgIpc) is 2.28. The lowest BCUT2D eigenvalue weighted by molar-refractivity contribution is 0.580. The van der Waals surface area contributed by atoms with Crippen LogP contribution in [0.4, 0.5) is 0 Å².